The van der Waals surface area contributed by atoms with Crippen molar-refractivity contribution in [2.75, 3.05) is 37.7 Å². The summed E-state index contributed by atoms with van der Waals surface area (Å²) in [5.74, 6) is 1.48. The SMILES string of the molecule is O=C(c1cc(C2CC2)[nH]n1)N1CCC2(CC1)CN(c1ncccn1)CC2CO. The molecule has 1 aliphatic carbocycles. The molecule has 1 amide bonds. The quantitative estimate of drug-likeness (QED) is 0.830. The predicted molar refractivity (Wildman–Crippen MR) is 103 cm³/mol. The normalized spacial score (nSPS) is 24.1. The van der Waals surface area contributed by atoms with Crippen LogP contribution >= 0.6 is 0 Å². The van der Waals surface area contributed by atoms with Gasteiger partial charge in [0.25, 0.3) is 5.91 Å². The fourth-order valence-corrected chi connectivity index (χ4v) is 4.82. The van der Waals surface area contributed by atoms with Crippen molar-refractivity contribution < 1.29 is 9.90 Å². The average molecular weight is 382 g/mol. The molecule has 3 fully saturated rings. The first-order chi connectivity index (χ1) is 13.7. The molecule has 8 heteroatoms. The van der Waals surface area contributed by atoms with Crippen LogP contribution < -0.4 is 4.90 Å². The molecule has 1 unspecified atom stereocenters. The van der Waals surface area contributed by atoms with E-state index in [1.165, 1.54) is 12.8 Å². The van der Waals surface area contributed by atoms with Crippen LogP contribution in [0.1, 0.15) is 47.8 Å². The Kier molecular flexibility index (Phi) is 4.30. The van der Waals surface area contributed by atoms with E-state index in [2.05, 4.69) is 25.1 Å². The van der Waals surface area contributed by atoms with Crippen molar-refractivity contribution in [2.45, 2.75) is 31.6 Å². The van der Waals surface area contributed by atoms with Gasteiger partial charge in [-0.05, 0) is 43.2 Å². The number of amides is 1. The second-order valence-electron chi connectivity index (χ2n) is 8.45. The molecule has 1 spiro atoms. The second-order valence-corrected chi connectivity index (χ2v) is 8.45. The minimum Gasteiger partial charge on any atom is -0.396 e. The van der Waals surface area contributed by atoms with Crippen molar-refractivity contribution in [3.63, 3.8) is 0 Å². The topological polar surface area (TPSA) is 98.2 Å². The number of aromatic amines is 1. The van der Waals surface area contributed by atoms with Gasteiger partial charge >= 0.3 is 0 Å². The maximum Gasteiger partial charge on any atom is 0.274 e. The van der Waals surface area contributed by atoms with Crippen molar-refractivity contribution in [3.05, 3.63) is 35.9 Å². The van der Waals surface area contributed by atoms with Crippen LogP contribution in [0.3, 0.4) is 0 Å². The van der Waals surface area contributed by atoms with E-state index in [0.29, 0.717) is 24.7 Å². The Morgan fingerprint density at radius 2 is 2.00 bits per heavy atom. The number of H-pyrrole nitrogens is 1. The third-order valence-corrected chi connectivity index (χ3v) is 6.75. The molecule has 28 heavy (non-hydrogen) atoms. The zero-order chi connectivity index (χ0) is 19.1. The molecule has 2 aromatic heterocycles. The Hall–Kier alpha value is -2.48. The highest BCUT2D eigenvalue weighted by Crippen LogP contribution is 2.45. The number of nitrogens with zero attached hydrogens (tertiary/aromatic N) is 5. The number of anilines is 1. The largest absolute Gasteiger partial charge is 0.396 e. The number of aliphatic hydroxyl groups excluding tert-OH is 1. The van der Waals surface area contributed by atoms with Crippen LogP contribution in [0.25, 0.3) is 0 Å². The second kappa shape index (κ2) is 6.84. The molecule has 5 rings (SSSR count). The molecule has 2 aliphatic heterocycles. The Bertz CT molecular complexity index is 841. The van der Waals surface area contributed by atoms with Gasteiger partial charge in [-0.3, -0.25) is 9.89 Å². The molecule has 1 saturated carbocycles. The van der Waals surface area contributed by atoms with Gasteiger partial charge in [-0.15, -0.1) is 0 Å². The molecule has 4 heterocycles. The van der Waals surface area contributed by atoms with Crippen LogP contribution in [0.15, 0.2) is 24.5 Å². The number of carbonyl (C=O) groups excluding carboxylic acids is 1. The van der Waals surface area contributed by atoms with E-state index in [9.17, 15) is 9.90 Å². The fourth-order valence-electron chi connectivity index (χ4n) is 4.82. The molecule has 1 atom stereocenters. The Morgan fingerprint density at radius 3 is 2.68 bits per heavy atom. The Labute approximate surface area is 164 Å². The van der Waals surface area contributed by atoms with Crippen molar-refractivity contribution in [2.24, 2.45) is 11.3 Å². The van der Waals surface area contributed by atoms with Crippen LogP contribution in [0.2, 0.25) is 0 Å². The van der Waals surface area contributed by atoms with Crippen LogP contribution in [-0.4, -0.2) is 68.9 Å². The monoisotopic (exact) mass is 382 g/mol. The number of nitrogens with one attached hydrogen (secondary N) is 1. The molecule has 3 aliphatic rings. The average Bonchev–Trinajstić information content (AvgIpc) is 3.36. The summed E-state index contributed by atoms with van der Waals surface area (Å²) in [7, 11) is 0. The fraction of sp³-hybridized carbons (Fsp3) is 0.600. The van der Waals surface area contributed by atoms with E-state index < -0.39 is 0 Å². The summed E-state index contributed by atoms with van der Waals surface area (Å²) < 4.78 is 0. The smallest absolute Gasteiger partial charge is 0.274 e. The lowest BCUT2D eigenvalue weighted by Gasteiger charge is -2.41. The first-order valence-corrected chi connectivity index (χ1v) is 10.2. The number of carbonyl (C=O) groups is 1. The number of aliphatic hydroxyl groups is 1. The lowest BCUT2D eigenvalue weighted by atomic mass is 9.71. The molecule has 148 valence electrons. The summed E-state index contributed by atoms with van der Waals surface area (Å²) >= 11 is 0. The zero-order valence-corrected chi connectivity index (χ0v) is 15.9. The van der Waals surface area contributed by atoms with Crippen LogP contribution in [-0.2, 0) is 0 Å². The highest BCUT2D eigenvalue weighted by molar-refractivity contribution is 5.92. The molecule has 2 saturated heterocycles. The summed E-state index contributed by atoms with van der Waals surface area (Å²) in [4.78, 5) is 25.7. The summed E-state index contributed by atoms with van der Waals surface area (Å²) in [6, 6.07) is 3.73. The van der Waals surface area contributed by atoms with E-state index in [-0.39, 0.29) is 23.8 Å². The van der Waals surface area contributed by atoms with Gasteiger partial charge in [0, 0.05) is 62.7 Å². The van der Waals surface area contributed by atoms with Crippen LogP contribution in [0.5, 0.6) is 0 Å². The van der Waals surface area contributed by atoms with Crippen LogP contribution in [0.4, 0.5) is 5.95 Å². The highest BCUT2D eigenvalue weighted by Gasteiger charge is 2.49. The van der Waals surface area contributed by atoms with E-state index in [1.807, 2.05) is 17.0 Å². The summed E-state index contributed by atoms with van der Waals surface area (Å²) in [6.45, 7) is 3.15. The predicted octanol–water partition coefficient (Wildman–Crippen LogP) is 1.43. The van der Waals surface area contributed by atoms with Gasteiger partial charge in [0.2, 0.25) is 5.95 Å². The minimum absolute atomic E-state index is 0.00940. The van der Waals surface area contributed by atoms with Gasteiger partial charge in [0.15, 0.2) is 0 Å². The molecule has 2 aromatic rings. The number of likely N-dealkylation sites (tertiary alicyclic amines) is 1. The van der Waals surface area contributed by atoms with E-state index in [0.717, 1.165) is 37.6 Å². The minimum atomic E-state index is 0.00940. The van der Waals surface area contributed by atoms with E-state index in [4.69, 9.17) is 0 Å². The maximum absolute atomic E-state index is 12.9. The zero-order valence-electron chi connectivity index (χ0n) is 15.9. The lowest BCUT2D eigenvalue weighted by molar-refractivity contribution is 0.0412. The van der Waals surface area contributed by atoms with Crippen molar-refractivity contribution in [1.82, 2.24) is 25.1 Å². The molecular weight excluding hydrogens is 356 g/mol. The van der Waals surface area contributed by atoms with Gasteiger partial charge in [-0.2, -0.15) is 5.10 Å². The highest BCUT2D eigenvalue weighted by atomic mass is 16.3. The number of hydrogen-bond donors (Lipinski definition) is 2. The molecular formula is C20H26N6O2. The molecule has 0 aromatic carbocycles. The molecule has 2 N–H and O–H groups in total. The van der Waals surface area contributed by atoms with Gasteiger partial charge < -0.3 is 14.9 Å². The number of aromatic nitrogens is 4. The number of hydrogen-bond acceptors (Lipinski definition) is 6. The maximum atomic E-state index is 12.9. The van der Waals surface area contributed by atoms with Gasteiger partial charge in [-0.25, -0.2) is 9.97 Å². The first kappa shape index (κ1) is 17.6. The van der Waals surface area contributed by atoms with Gasteiger partial charge in [0.1, 0.15) is 5.69 Å². The standard InChI is InChI=1S/C20H26N6O2/c27-12-15-11-26(19-21-6-1-7-22-19)13-20(15)4-8-25(9-5-20)18(28)17-10-16(23-24-17)14-2-3-14/h1,6-7,10,14-15,27H,2-5,8-9,11-13H2,(H,23,24). The van der Waals surface area contributed by atoms with Crippen LogP contribution in [0, 0.1) is 11.3 Å². The van der Waals surface area contributed by atoms with E-state index >= 15 is 0 Å². The summed E-state index contributed by atoms with van der Waals surface area (Å²) in [5, 5.41) is 17.3. The van der Waals surface area contributed by atoms with Gasteiger partial charge in [-0.1, -0.05) is 0 Å². The molecule has 0 bridgehead atoms. The van der Waals surface area contributed by atoms with E-state index in [1.54, 1.807) is 12.4 Å². The van der Waals surface area contributed by atoms with Gasteiger partial charge in [0.05, 0.1) is 0 Å². The first-order valence-electron chi connectivity index (χ1n) is 10.2. The third-order valence-electron chi connectivity index (χ3n) is 6.75. The van der Waals surface area contributed by atoms with Crippen molar-refractivity contribution >= 4 is 11.9 Å². The Morgan fingerprint density at radius 1 is 1.25 bits per heavy atom. The number of piperidine rings is 1. The molecule has 8 nitrogen and oxygen atoms in total. The number of rotatable bonds is 4. The summed E-state index contributed by atoms with van der Waals surface area (Å²) in [6.07, 6.45) is 7.64. The third kappa shape index (κ3) is 3.05. The summed E-state index contributed by atoms with van der Waals surface area (Å²) in [5.41, 5.74) is 1.63. The lowest BCUT2D eigenvalue weighted by Crippen LogP contribution is -2.47. The van der Waals surface area contributed by atoms with Crippen molar-refractivity contribution in [1.29, 1.82) is 0 Å². The Balaban J connectivity index is 1.26. The molecule has 0 radical (unpaired) electrons. The van der Waals surface area contributed by atoms with Crippen molar-refractivity contribution in [3.8, 4) is 0 Å².